The summed E-state index contributed by atoms with van der Waals surface area (Å²) in [5.74, 6) is 1.74. The first-order chi connectivity index (χ1) is 13.4. The lowest BCUT2D eigenvalue weighted by Gasteiger charge is -2.34. The van der Waals surface area contributed by atoms with Gasteiger partial charge in [-0.15, -0.1) is 0 Å². The Kier molecular flexibility index (Phi) is 5.74. The number of unbranched alkanes of at least 4 members (excludes halogenated alkanes) is 1. The molecule has 0 N–H and O–H groups in total. The number of hydrogen-bond acceptors (Lipinski definition) is 6. The van der Waals surface area contributed by atoms with Crippen LogP contribution in [0, 0.1) is 0 Å². The summed E-state index contributed by atoms with van der Waals surface area (Å²) in [7, 11) is 0. The van der Waals surface area contributed by atoms with Gasteiger partial charge in [0.05, 0.1) is 12.1 Å². The van der Waals surface area contributed by atoms with Gasteiger partial charge in [-0.25, -0.2) is 9.97 Å². The van der Waals surface area contributed by atoms with E-state index in [1.165, 1.54) is 0 Å². The van der Waals surface area contributed by atoms with Gasteiger partial charge >= 0.3 is 0 Å². The number of anilines is 1. The van der Waals surface area contributed by atoms with Crippen molar-refractivity contribution in [3.05, 3.63) is 55.0 Å². The van der Waals surface area contributed by atoms with Gasteiger partial charge in [-0.2, -0.15) is 0 Å². The lowest BCUT2D eigenvalue weighted by Crippen LogP contribution is -2.47. The van der Waals surface area contributed by atoms with Crippen molar-refractivity contribution in [2.24, 2.45) is 0 Å². The molecule has 0 saturated carbocycles. The van der Waals surface area contributed by atoms with E-state index in [0.29, 0.717) is 0 Å². The highest BCUT2D eigenvalue weighted by atomic mass is 16.5. The Morgan fingerprint density at radius 2 is 1.67 bits per heavy atom. The minimum absolute atomic E-state index is 0.746. The number of piperazine rings is 1. The van der Waals surface area contributed by atoms with Crippen LogP contribution in [0.5, 0.6) is 5.75 Å². The molecule has 0 amide bonds. The van der Waals surface area contributed by atoms with Gasteiger partial charge < -0.3 is 9.64 Å². The number of ether oxygens (including phenoxy) is 1. The zero-order valence-electron chi connectivity index (χ0n) is 15.5. The van der Waals surface area contributed by atoms with Crippen LogP contribution in [0.15, 0.2) is 55.0 Å². The van der Waals surface area contributed by atoms with Crippen LogP contribution in [-0.2, 0) is 0 Å². The van der Waals surface area contributed by atoms with Crippen molar-refractivity contribution < 1.29 is 4.74 Å². The number of aromatic nitrogens is 3. The molecule has 0 aliphatic carbocycles. The first-order valence-corrected chi connectivity index (χ1v) is 9.60. The second-order valence-corrected chi connectivity index (χ2v) is 6.79. The Balaban J connectivity index is 1.14. The molecule has 2 aromatic heterocycles. The molecule has 1 aliphatic rings. The number of rotatable bonds is 7. The molecule has 0 bridgehead atoms. The molecule has 1 fully saturated rings. The van der Waals surface area contributed by atoms with E-state index in [4.69, 9.17) is 4.74 Å². The number of nitrogens with zero attached hydrogens (tertiary/aromatic N) is 5. The molecule has 0 atom stereocenters. The van der Waals surface area contributed by atoms with Gasteiger partial charge in [-0.05, 0) is 43.7 Å². The van der Waals surface area contributed by atoms with Gasteiger partial charge in [0.25, 0.3) is 0 Å². The summed E-state index contributed by atoms with van der Waals surface area (Å²) in [6.07, 6.45) is 7.63. The van der Waals surface area contributed by atoms with Crippen LogP contribution in [0.1, 0.15) is 12.8 Å². The summed E-state index contributed by atoms with van der Waals surface area (Å²) in [6, 6.07) is 12.0. The summed E-state index contributed by atoms with van der Waals surface area (Å²) >= 11 is 0. The molecule has 6 heteroatoms. The molecule has 1 saturated heterocycles. The van der Waals surface area contributed by atoms with Crippen LogP contribution < -0.4 is 9.64 Å². The summed E-state index contributed by atoms with van der Waals surface area (Å²) in [6.45, 7) is 5.97. The zero-order chi connectivity index (χ0) is 18.3. The molecular weight excluding hydrogens is 338 g/mol. The number of fused-ring (bicyclic) bond motifs is 1. The first kappa shape index (κ1) is 17.7. The highest BCUT2D eigenvalue weighted by Crippen LogP contribution is 2.19. The predicted octanol–water partition coefficient (Wildman–Crippen LogP) is 3.01. The fraction of sp³-hybridized carbons (Fsp3) is 0.381. The standard InChI is InChI=1S/C21H25N5O/c1(2-16-27-19-7-6-18-5-3-8-22-20(18)17-19)11-25-12-14-26(15-13-25)21-23-9-4-10-24-21/h3-10,17H,1-2,11-16H2. The third-order valence-corrected chi connectivity index (χ3v) is 4.92. The molecule has 3 heterocycles. The molecule has 0 radical (unpaired) electrons. The van der Waals surface area contributed by atoms with Crippen molar-refractivity contribution in [1.82, 2.24) is 19.9 Å². The Labute approximate surface area is 159 Å². The van der Waals surface area contributed by atoms with Crippen molar-refractivity contribution in [1.29, 1.82) is 0 Å². The zero-order valence-corrected chi connectivity index (χ0v) is 15.5. The van der Waals surface area contributed by atoms with Crippen molar-refractivity contribution in [2.45, 2.75) is 12.8 Å². The van der Waals surface area contributed by atoms with E-state index >= 15 is 0 Å². The van der Waals surface area contributed by atoms with Crippen molar-refractivity contribution >= 4 is 16.9 Å². The minimum Gasteiger partial charge on any atom is -0.494 e. The van der Waals surface area contributed by atoms with Crippen molar-refractivity contribution in [3.8, 4) is 5.75 Å². The number of hydrogen-bond donors (Lipinski definition) is 0. The quantitative estimate of drug-likeness (QED) is 0.602. The number of pyridine rings is 1. The van der Waals surface area contributed by atoms with Crippen LogP contribution in [0.3, 0.4) is 0 Å². The van der Waals surface area contributed by atoms with E-state index < -0.39 is 0 Å². The predicted molar refractivity (Wildman–Crippen MR) is 107 cm³/mol. The average molecular weight is 363 g/mol. The fourth-order valence-corrected chi connectivity index (χ4v) is 3.39. The Hall–Kier alpha value is -2.73. The maximum absolute atomic E-state index is 5.90. The van der Waals surface area contributed by atoms with Gasteiger partial charge in [0, 0.05) is 56.2 Å². The van der Waals surface area contributed by atoms with Crippen LogP contribution >= 0.6 is 0 Å². The second kappa shape index (κ2) is 8.77. The maximum atomic E-state index is 5.90. The topological polar surface area (TPSA) is 54.4 Å². The molecule has 1 aliphatic heterocycles. The van der Waals surface area contributed by atoms with Crippen molar-refractivity contribution in [3.63, 3.8) is 0 Å². The Bertz CT molecular complexity index is 849. The van der Waals surface area contributed by atoms with Gasteiger partial charge in [0.2, 0.25) is 5.95 Å². The van der Waals surface area contributed by atoms with Gasteiger partial charge in [0.1, 0.15) is 5.75 Å². The van der Waals surface area contributed by atoms with Crippen LogP contribution in [0.4, 0.5) is 5.95 Å². The van der Waals surface area contributed by atoms with E-state index in [2.05, 4.69) is 36.9 Å². The van der Waals surface area contributed by atoms with E-state index in [1.807, 2.05) is 30.5 Å². The smallest absolute Gasteiger partial charge is 0.225 e. The summed E-state index contributed by atoms with van der Waals surface area (Å²) in [5, 5.41) is 1.14. The molecule has 6 nitrogen and oxygen atoms in total. The molecule has 0 spiro atoms. The third-order valence-electron chi connectivity index (χ3n) is 4.92. The highest BCUT2D eigenvalue weighted by molar-refractivity contribution is 5.79. The lowest BCUT2D eigenvalue weighted by molar-refractivity contribution is 0.238. The molecule has 3 aromatic rings. The maximum Gasteiger partial charge on any atom is 0.225 e. The fourth-order valence-electron chi connectivity index (χ4n) is 3.39. The largest absolute Gasteiger partial charge is 0.494 e. The van der Waals surface area contributed by atoms with Crippen LogP contribution in [-0.4, -0.2) is 59.2 Å². The van der Waals surface area contributed by atoms with E-state index in [-0.39, 0.29) is 0 Å². The van der Waals surface area contributed by atoms with Crippen LogP contribution in [0.25, 0.3) is 10.9 Å². The molecule has 27 heavy (non-hydrogen) atoms. The minimum atomic E-state index is 0.746. The highest BCUT2D eigenvalue weighted by Gasteiger charge is 2.18. The average Bonchev–Trinajstić information content (AvgIpc) is 2.74. The lowest BCUT2D eigenvalue weighted by atomic mass is 10.2. The third kappa shape index (κ3) is 4.71. The van der Waals surface area contributed by atoms with Crippen molar-refractivity contribution in [2.75, 3.05) is 44.2 Å². The molecular formula is C21H25N5O. The molecule has 0 unspecified atom stereocenters. The SMILES string of the molecule is c1cnc(N2CCN(CCCCOc3ccc4cccnc4c3)CC2)nc1. The van der Waals surface area contributed by atoms with Gasteiger partial charge in [-0.3, -0.25) is 9.88 Å². The monoisotopic (exact) mass is 363 g/mol. The summed E-state index contributed by atoms with van der Waals surface area (Å²) < 4.78 is 5.90. The first-order valence-electron chi connectivity index (χ1n) is 9.60. The van der Waals surface area contributed by atoms with Gasteiger partial charge in [-0.1, -0.05) is 6.07 Å². The Morgan fingerprint density at radius 1 is 0.852 bits per heavy atom. The van der Waals surface area contributed by atoms with E-state index in [9.17, 15) is 0 Å². The van der Waals surface area contributed by atoms with Crippen LogP contribution in [0.2, 0.25) is 0 Å². The molecule has 140 valence electrons. The second-order valence-electron chi connectivity index (χ2n) is 6.79. The molecule has 1 aromatic carbocycles. The number of benzene rings is 1. The Morgan fingerprint density at radius 3 is 2.52 bits per heavy atom. The molecule has 4 rings (SSSR count). The van der Waals surface area contributed by atoms with E-state index in [0.717, 1.165) is 74.8 Å². The van der Waals surface area contributed by atoms with Gasteiger partial charge in [0.15, 0.2) is 0 Å². The summed E-state index contributed by atoms with van der Waals surface area (Å²) in [4.78, 5) is 17.8. The van der Waals surface area contributed by atoms with E-state index in [1.54, 1.807) is 12.4 Å². The normalized spacial score (nSPS) is 15.2. The summed E-state index contributed by atoms with van der Waals surface area (Å²) in [5.41, 5.74) is 0.982.